The maximum absolute atomic E-state index is 12.6. The number of ether oxygens (including phenoxy) is 1. The van der Waals surface area contributed by atoms with E-state index in [4.69, 9.17) is 5.73 Å². The van der Waals surface area contributed by atoms with Crippen molar-refractivity contribution in [2.45, 2.75) is 19.4 Å². The average molecular weight is 356 g/mol. The zero-order chi connectivity index (χ0) is 13.0. The molecule has 7 heteroatoms. The first-order valence-electron chi connectivity index (χ1n) is 4.72. The molecule has 1 rings (SSSR count). The van der Waals surface area contributed by atoms with E-state index in [1.165, 1.54) is 13.3 Å². The maximum Gasteiger partial charge on any atom is 0.310 e. The molecule has 17 heavy (non-hydrogen) atoms. The minimum absolute atomic E-state index is 0.0798. The van der Waals surface area contributed by atoms with Gasteiger partial charge in [-0.25, -0.2) is 8.78 Å². The fraction of sp³-hybridized carbons (Fsp3) is 0.400. The quantitative estimate of drug-likeness (QED) is 0.660. The van der Waals surface area contributed by atoms with E-state index in [2.05, 4.69) is 9.72 Å². The van der Waals surface area contributed by atoms with Gasteiger partial charge >= 0.3 is 5.97 Å². The Kier molecular flexibility index (Phi) is 5.19. The lowest BCUT2D eigenvalue weighted by molar-refractivity contribution is -0.139. The lowest BCUT2D eigenvalue weighted by atomic mass is 10.1. The molecule has 0 aliphatic heterocycles. The topological polar surface area (TPSA) is 65.2 Å². The molecule has 0 fully saturated rings. The first-order valence-corrected chi connectivity index (χ1v) is 5.80. The van der Waals surface area contributed by atoms with Crippen LogP contribution in [0.4, 0.5) is 8.78 Å². The summed E-state index contributed by atoms with van der Waals surface area (Å²) in [6.45, 7) is 0.138. The normalized spacial score (nSPS) is 10.7. The van der Waals surface area contributed by atoms with Gasteiger partial charge in [-0.15, -0.1) is 0 Å². The van der Waals surface area contributed by atoms with Gasteiger partial charge in [0.05, 0.1) is 13.5 Å². The first kappa shape index (κ1) is 14.2. The number of pyridine rings is 1. The molecule has 0 aliphatic rings. The van der Waals surface area contributed by atoms with Crippen LogP contribution in [0.3, 0.4) is 0 Å². The van der Waals surface area contributed by atoms with E-state index in [1.807, 2.05) is 0 Å². The van der Waals surface area contributed by atoms with Gasteiger partial charge in [-0.3, -0.25) is 9.78 Å². The molecule has 1 aromatic rings. The Labute approximate surface area is 111 Å². The lowest BCUT2D eigenvalue weighted by Crippen LogP contribution is -2.13. The summed E-state index contributed by atoms with van der Waals surface area (Å²) >= 11 is 1.75. The zero-order valence-corrected chi connectivity index (χ0v) is 11.2. The van der Waals surface area contributed by atoms with Crippen molar-refractivity contribution in [1.82, 2.24) is 4.98 Å². The van der Waals surface area contributed by atoms with Gasteiger partial charge in [-0.2, -0.15) is 0 Å². The van der Waals surface area contributed by atoms with E-state index < -0.39 is 12.4 Å². The second kappa shape index (κ2) is 6.20. The van der Waals surface area contributed by atoms with E-state index in [1.54, 1.807) is 22.6 Å². The summed E-state index contributed by atoms with van der Waals surface area (Å²) in [4.78, 5) is 14.9. The molecule has 0 radical (unpaired) electrons. The zero-order valence-electron chi connectivity index (χ0n) is 9.04. The fourth-order valence-corrected chi connectivity index (χ4v) is 2.23. The molecule has 0 bridgehead atoms. The molecule has 0 aromatic carbocycles. The minimum atomic E-state index is -2.68. The average Bonchev–Trinajstić information content (AvgIpc) is 2.30. The summed E-state index contributed by atoms with van der Waals surface area (Å²) in [6.07, 6.45) is -1.48. The highest BCUT2D eigenvalue weighted by Crippen LogP contribution is 2.27. The SMILES string of the molecule is COC(=O)Cc1c(CN)cnc(C(F)F)c1I. The van der Waals surface area contributed by atoms with Crippen molar-refractivity contribution in [2.75, 3.05) is 7.11 Å². The molecule has 0 spiro atoms. The van der Waals surface area contributed by atoms with Crippen molar-refractivity contribution in [1.29, 1.82) is 0 Å². The van der Waals surface area contributed by atoms with Crippen LogP contribution in [0.15, 0.2) is 6.20 Å². The highest BCUT2D eigenvalue weighted by atomic mass is 127. The summed E-state index contributed by atoms with van der Waals surface area (Å²) in [5.74, 6) is -0.496. The van der Waals surface area contributed by atoms with Crippen LogP contribution in [0.1, 0.15) is 23.2 Å². The maximum atomic E-state index is 12.6. The molecule has 0 unspecified atom stereocenters. The summed E-state index contributed by atoms with van der Waals surface area (Å²) in [5, 5.41) is 0. The number of hydrogen-bond acceptors (Lipinski definition) is 4. The summed E-state index contributed by atoms with van der Waals surface area (Å²) < 4.78 is 30.1. The molecule has 1 heterocycles. The summed E-state index contributed by atoms with van der Waals surface area (Å²) in [6, 6.07) is 0. The molecule has 0 saturated heterocycles. The lowest BCUT2D eigenvalue weighted by Gasteiger charge is -2.12. The molecular weight excluding hydrogens is 345 g/mol. The van der Waals surface area contributed by atoms with Crippen molar-refractivity contribution in [3.8, 4) is 0 Å². The largest absolute Gasteiger partial charge is 0.469 e. The number of nitrogens with zero attached hydrogens (tertiary/aromatic N) is 1. The van der Waals surface area contributed by atoms with E-state index in [-0.39, 0.29) is 22.2 Å². The second-order valence-corrected chi connectivity index (χ2v) is 4.30. The molecule has 0 atom stereocenters. The Hall–Kier alpha value is -0.830. The highest BCUT2D eigenvalue weighted by Gasteiger charge is 2.20. The number of carbonyl (C=O) groups excluding carboxylic acids is 1. The number of carbonyl (C=O) groups is 1. The monoisotopic (exact) mass is 356 g/mol. The van der Waals surface area contributed by atoms with Crippen LogP contribution >= 0.6 is 22.6 Å². The number of alkyl halides is 2. The van der Waals surface area contributed by atoms with E-state index >= 15 is 0 Å². The molecule has 2 N–H and O–H groups in total. The highest BCUT2D eigenvalue weighted by molar-refractivity contribution is 14.1. The Morgan fingerprint density at radius 1 is 1.65 bits per heavy atom. The number of halogens is 3. The molecule has 0 amide bonds. The van der Waals surface area contributed by atoms with Gasteiger partial charge in [0.15, 0.2) is 0 Å². The predicted molar refractivity (Wildman–Crippen MR) is 65.5 cm³/mol. The predicted octanol–water partition coefficient (Wildman–Crippen LogP) is 1.80. The minimum Gasteiger partial charge on any atom is -0.469 e. The second-order valence-electron chi connectivity index (χ2n) is 3.22. The van der Waals surface area contributed by atoms with Crippen LogP contribution in [-0.4, -0.2) is 18.1 Å². The van der Waals surface area contributed by atoms with E-state index in [9.17, 15) is 13.6 Å². The Morgan fingerprint density at radius 2 is 2.29 bits per heavy atom. The third-order valence-corrected chi connectivity index (χ3v) is 3.42. The van der Waals surface area contributed by atoms with Gasteiger partial charge in [0, 0.05) is 16.3 Å². The molecule has 94 valence electrons. The first-order chi connectivity index (χ1) is 8.01. The smallest absolute Gasteiger partial charge is 0.310 e. The molecule has 0 saturated carbocycles. The summed E-state index contributed by atoms with van der Waals surface area (Å²) in [7, 11) is 1.24. The van der Waals surface area contributed by atoms with Gasteiger partial charge in [-0.1, -0.05) is 0 Å². The van der Waals surface area contributed by atoms with Crippen LogP contribution in [0.2, 0.25) is 0 Å². The number of nitrogens with two attached hydrogens (primary N) is 1. The van der Waals surface area contributed by atoms with Gasteiger partial charge in [0.25, 0.3) is 6.43 Å². The molecule has 4 nitrogen and oxygen atoms in total. The van der Waals surface area contributed by atoms with E-state index in [0.29, 0.717) is 11.1 Å². The van der Waals surface area contributed by atoms with E-state index in [0.717, 1.165) is 0 Å². The third kappa shape index (κ3) is 3.32. The Morgan fingerprint density at radius 3 is 2.76 bits per heavy atom. The Balaban J connectivity index is 3.22. The third-order valence-electron chi connectivity index (χ3n) is 2.21. The Bertz CT molecular complexity index is 427. The number of aromatic nitrogens is 1. The van der Waals surface area contributed by atoms with Crippen LogP contribution in [0.25, 0.3) is 0 Å². The number of esters is 1. The molecule has 1 aromatic heterocycles. The van der Waals surface area contributed by atoms with Crippen LogP contribution < -0.4 is 5.73 Å². The van der Waals surface area contributed by atoms with Crippen molar-refractivity contribution in [3.05, 3.63) is 26.6 Å². The van der Waals surface area contributed by atoms with Crippen LogP contribution in [0.5, 0.6) is 0 Å². The van der Waals surface area contributed by atoms with Gasteiger partial charge in [-0.05, 0) is 33.7 Å². The van der Waals surface area contributed by atoms with Crippen molar-refractivity contribution in [3.63, 3.8) is 0 Å². The van der Waals surface area contributed by atoms with Crippen LogP contribution in [0, 0.1) is 3.57 Å². The summed E-state index contributed by atoms with van der Waals surface area (Å²) in [5.41, 5.74) is 6.18. The van der Waals surface area contributed by atoms with Gasteiger partial charge in [0.2, 0.25) is 0 Å². The van der Waals surface area contributed by atoms with Gasteiger partial charge in [0.1, 0.15) is 5.69 Å². The molecular formula is C10H11F2IN2O2. The number of methoxy groups -OCH3 is 1. The molecule has 0 aliphatic carbocycles. The van der Waals surface area contributed by atoms with Crippen molar-refractivity contribution in [2.24, 2.45) is 5.73 Å². The standard InChI is InChI=1S/C10H11F2IN2O2/c1-17-7(16)2-6-5(3-14)4-15-9(8(6)13)10(11)12/h4,10H,2-3,14H2,1H3. The van der Waals surface area contributed by atoms with Crippen molar-refractivity contribution < 1.29 is 18.3 Å². The number of hydrogen-bond donors (Lipinski definition) is 1. The van der Waals surface area contributed by atoms with Crippen LogP contribution in [-0.2, 0) is 22.5 Å². The fourth-order valence-electron chi connectivity index (χ4n) is 1.31. The van der Waals surface area contributed by atoms with Gasteiger partial charge < -0.3 is 10.5 Å². The van der Waals surface area contributed by atoms with Crippen molar-refractivity contribution >= 4 is 28.6 Å². The number of rotatable bonds is 4.